The van der Waals surface area contributed by atoms with Crippen molar-refractivity contribution in [3.05, 3.63) is 188 Å². The van der Waals surface area contributed by atoms with E-state index in [0.717, 1.165) is 66.3 Å². The number of rotatable bonds is 5. The van der Waals surface area contributed by atoms with E-state index in [1.165, 1.54) is 26.9 Å². The normalized spacial score (nSPS) is 11.6. The third kappa shape index (κ3) is 5.34. The van der Waals surface area contributed by atoms with Gasteiger partial charge in [0.25, 0.3) is 0 Å². The number of aromatic nitrogens is 3. The van der Waals surface area contributed by atoms with Gasteiger partial charge in [-0.25, -0.2) is 15.0 Å². The van der Waals surface area contributed by atoms with Crippen LogP contribution < -0.4 is 0 Å². The van der Waals surface area contributed by atoms with Gasteiger partial charge in [-0.2, -0.15) is 0 Å². The monoisotopic (exact) mass is 701 g/mol. The van der Waals surface area contributed by atoms with Gasteiger partial charge in [0.05, 0.1) is 0 Å². The van der Waals surface area contributed by atoms with E-state index >= 15 is 0 Å². The van der Waals surface area contributed by atoms with Crippen LogP contribution in [0.5, 0.6) is 0 Å². The van der Waals surface area contributed by atoms with Crippen LogP contribution in [0, 0.1) is 0 Å². The van der Waals surface area contributed by atoms with Crippen LogP contribution in [0.1, 0.15) is 0 Å². The SMILES string of the molecule is c1ccc(-c2ccc(-c3nc(-c4ccc5c(ccc6c7ccccc7ccc56)c4)nc(-c4cc(-c5ccccc5)c5c(c4)oc4ccccc45)n3)cc2)cc1. The van der Waals surface area contributed by atoms with E-state index in [1.807, 2.05) is 24.3 Å². The summed E-state index contributed by atoms with van der Waals surface area (Å²) in [7, 11) is 0. The fraction of sp³-hybridized carbons (Fsp3) is 0. The van der Waals surface area contributed by atoms with E-state index < -0.39 is 0 Å². The first kappa shape index (κ1) is 31.1. The predicted molar refractivity (Wildman–Crippen MR) is 227 cm³/mol. The van der Waals surface area contributed by atoms with Crippen molar-refractivity contribution < 1.29 is 4.42 Å². The van der Waals surface area contributed by atoms with Gasteiger partial charge >= 0.3 is 0 Å². The Kier molecular flexibility index (Phi) is 7.14. The summed E-state index contributed by atoms with van der Waals surface area (Å²) >= 11 is 0. The van der Waals surface area contributed by atoms with E-state index in [2.05, 4.69) is 164 Å². The van der Waals surface area contributed by atoms with Crippen molar-refractivity contribution >= 4 is 54.3 Å². The molecule has 0 aliphatic carbocycles. The van der Waals surface area contributed by atoms with Crippen molar-refractivity contribution in [1.82, 2.24) is 15.0 Å². The first-order valence-corrected chi connectivity index (χ1v) is 18.5. The molecule has 0 saturated carbocycles. The highest BCUT2D eigenvalue weighted by Gasteiger charge is 2.19. The van der Waals surface area contributed by atoms with Gasteiger partial charge in [0.15, 0.2) is 17.5 Å². The summed E-state index contributed by atoms with van der Waals surface area (Å²) in [6, 6.07) is 65.8. The number of fused-ring (bicyclic) bond motifs is 8. The van der Waals surface area contributed by atoms with Crippen molar-refractivity contribution in [3.63, 3.8) is 0 Å². The smallest absolute Gasteiger partial charge is 0.164 e. The lowest BCUT2D eigenvalue weighted by Crippen LogP contribution is -2.00. The first-order valence-electron chi connectivity index (χ1n) is 18.5. The van der Waals surface area contributed by atoms with Gasteiger partial charge in [-0.3, -0.25) is 0 Å². The maximum absolute atomic E-state index is 6.50. The molecule has 0 saturated heterocycles. The molecule has 0 unspecified atom stereocenters. The summed E-state index contributed by atoms with van der Waals surface area (Å²) < 4.78 is 6.50. The summed E-state index contributed by atoms with van der Waals surface area (Å²) in [6.45, 7) is 0. The molecule has 4 heteroatoms. The summed E-state index contributed by atoms with van der Waals surface area (Å²) in [5.74, 6) is 1.80. The third-order valence-corrected chi connectivity index (χ3v) is 10.7. The molecule has 0 atom stereocenters. The maximum atomic E-state index is 6.50. The lowest BCUT2D eigenvalue weighted by atomic mass is 9.96. The third-order valence-electron chi connectivity index (χ3n) is 10.7. The zero-order valence-electron chi connectivity index (χ0n) is 29.6. The van der Waals surface area contributed by atoms with Gasteiger partial charge in [-0.1, -0.05) is 164 Å². The van der Waals surface area contributed by atoms with E-state index in [0.29, 0.717) is 17.5 Å². The van der Waals surface area contributed by atoms with Gasteiger partial charge in [0.1, 0.15) is 11.2 Å². The molecule has 9 aromatic carbocycles. The Bertz CT molecular complexity index is 3240. The van der Waals surface area contributed by atoms with E-state index in [4.69, 9.17) is 19.4 Å². The standard InChI is InChI=1S/C51H31N3O/c1-3-11-32(12-4-1)33-19-21-36(22-20-33)49-52-50(38-25-26-41-37(29-38)24-28-42-40-16-8-7-15-35(40)23-27-43(41)42)54-51(53-49)39-30-45(34-13-5-2-6-14-34)48-44-17-9-10-18-46(44)55-47(48)31-39/h1-31H. The summed E-state index contributed by atoms with van der Waals surface area (Å²) in [5.41, 5.74) is 8.79. The summed E-state index contributed by atoms with van der Waals surface area (Å²) in [5, 5.41) is 9.45. The predicted octanol–water partition coefficient (Wildman–Crippen LogP) is 13.6. The Morgan fingerprint density at radius 1 is 0.291 bits per heavy atom. The number of furan rings is 1. The second-order valence-corrected chi connectivity index (χ2v) is 14.0. The van der Waals surface area contributed by atoms with Crippen LogP contribution in [-0.2, 0) is 0 Å². The van der Waals surface area contributed by atoms with Gasteiger partial charge in [0, 0.05) is 27.5 Å². The highest BCUT2D eigenvalue weighted by molar-refractivity contribution is 6.17. The van der Waals surface area contributed by atoms with Crippen LogP contribution in [0.2, 0.25) is 0 Å². The van der Waals surface area contributed by atoms with Gasteiger partial charge < -0.3 is 4.42 Å². The molecule has 11 rings (SSSR count). The molecule has 0 spiro atoms. The number of para-hydroxylation sites is 1. The highest BCUT2D eigenvalue weighted by atomic mass is 16.3. The molecule has 0 aliphatic heterocycles. The number of hydrogen-bond donors (Lipinski definition) is 0. The lowest BCUT2D eigenvalue weighted by Gasteiger charge is -2.12. The van der Waals surface area contributed by atoms with Gasteiger partial charge in [-0.05, 0) is 78.8 Å². The minimum Gasteiger partial charge on any atom is -0.456 e. The average Bonchev–Trinajstić information content (AvgIpc) is 3.65. The Morgan fingerprint density at radius 3 is 1.58 bits per heavy atom. The molecule has 55 heavy (non-hydrogen) atoms. The fourth-order valence-electron chi connectivity index (χ4n) is 8.00. The van der Waals surface area contributed by atoms with Crippen molar-refractivity contribution in [2.45, 2.75) is 0 Å². The number of hydrogen-bond acceptors (Lipinski definition) is 4. The molecule has 0 fully saturated rings. The van der Waals surface area contributed by atoms with Crippen LogP contribution in [0.15, 0.2) is 192 Å². The quantitative estimate of drug-likeness (QED) is 0.168. The van der Waals surface area contributed by atoms with Crippen molar-refractivity contribution in [1.29, 1.82) is 0 Å². The van der Waals surface area contributed by atoms with Crippen LogP contribution in [0.25, 0.3) is 111 Å². The van der Waals surface area contributed by atoms with Crippen molar-refractivity contribution in [3.8, 4) is 56.4 Å². The Morgan fingerprint density at radius 2 is 0.818 bits per heavy atom. The zero-order chi connectivity index (χ0) is 36.3. The van der Waals surface area contributed by atoms with Gasteiger partial charge in [0.2, 0.25) is 0 Å². The number of nitrogens with zero attached hydrogens (tertiary/aromatic N) is 3. The van der Waals surface area contributed by atoms with E-state index in [9.17, 15) is 0 Å². The largest absolute Gasteiger partial charge is 0.456 e. The minimum atomic E-state index is 0.580. The van der Waals surface area contributed by atoms with Crippen molar-refractivity contribution in [2.24, 2.45) is 0 Å². The first-order chi connectivity index (χ1) is 27.2. The Balaban J connectivity index is 1.11. The molecule has 0 N–H and O–H groups in total. The average molecular weight is 702 g/mol. The lowest BCUT2D eigenvalue weighted by molar-refractivity contribution is 0.669. The maximum Gasteiger partial charge on any atom is 0.164 e. The molecule has 0 amide bonds. The molecule has 0 aliphatic rings. The second kappa shape index (κ2) is 12.6. The van der Waals surface area contributed by atoms with Crippen LogP contribution in [-0.4, -0.2) is 15.0 Å². The highest BCUT2D eigenvalue weighted by Crippen LogP contribution is 2.40. The molecule has 256 valence electrons. The minimum absolute atomic E-state index is 0.580. The van der Waals surface area contributed by atoms with Crippen LogP contribution in [0.3, 0.4) is 0 Å². The Labute approximate surface area is 317 Å². The molecule has 2 aromatic heterocycles. The molecular formula is C51H31N3O. The molecule has 2 heterocycles. The summed E-state index contributed by atoms with van der Waals surface area (Å²) in [6.07, 6.45) is 0. The molecule has 0 bridgehead atoms. The van der Waals surface area contributed by atoms with Crippen molar-refractivity contribution in [2.75, 3.05) is 0 Å². The molecule has 0 radical (unpaired) electrons. The topological polar surface area (TPSA) is 51.8 Å². The van der Waals surface area contributed by atoms with Crippen LogP contribution in [0.4, 0.5) is 0 Å². The van der Waals surface area contributed by atoms with E-state index in [1.54, 1.807) is 0 Å². The zero-order valence-corrected chi connectivity index (χ0v) is 29.6. The van der Waals surface area contributed by atoms with Gasteiger partial charge in [-0.15, -0.1) is 0 Å². The summed E-state index contributed by atoms with van der Waals surface area (Å²) in [4.78, 5) is 15.5. The Hall–Kier alpha value is -7.43. The second-order valence-electron chi connectivity index (χ2n) is 14.0. The fourth-order valence-corrected chi connectivity index (χ4v) is 8.00. The van der Waals surface area contributed by atoms with E-state index in [-0.39, 0.29) is 0 Å². The molecule has 11 aromatic rings. The van der Waals surface area contributed by atoms with Crippen LogP contribution >= 0.6 is 0 Å². The number of benzene rings is 9. The molecule has 4 nitrogen and oxygen atoms in total. The molecular weight excluding hydrogens is 671 g/mol.